The molecule has 4 aromatic rings. The number of nitro benzene ring substituents is 1. The standard InChI is InChI=1S/C21H16N6O3S/c1-30-16-8-2-13(3-9-16)18-12-22-17-10-11-19(25-20(17)24-18)26-21(31)23-14-4-6-15(7-5-14)27(28)29/h2-12H,1H3,(H2,23,24,25,26,31). The highest BCUT2D eigenvalue weighted by Gasteiger charge is 2.08. The first-order valence-electron chi connectivity index (χ1n) is 9.12. The van der Waals surface area contributed by atoms with E-state index < -0.39 is 4.92 Å². The van der Waals surface area contributed by atoms with Gasteiger partial charge in [0.1, 0.15) is 17.1 Å². The van der Waals surface area contributed by atoms with Gasteiger partial charge in [0.15, 0.2) is 10.8 Å². The molecule has 0 spiro atoms. The van der Waals surface area contributed by atoms with Gasteiger partial charge in [0.25, 0.3) is 5.69 Å². The van der Waals surface area contributed by atoms with Crippen LogP contribution < -0.4 is 15.4 Å². The second-order valence-corrected chi connectivity index (χ2v) is 6.81. The normalized spacial score (nSPS) is 10.5. The molecule has 0 bridgehead atoms. The van der Waals surface area contributed by atoms with Crippen molar-refractivity contribution in [3.63, 3.8) is 0 Å². The van der Waals surface area contributed by atoms with E-state index in [0.717, 1.165) is 11.3 Å². The number of nitrogens with one attached hydrogen (secondary N) is 2. The summed E-state index contributed by atoms with van der Waals surface area (Å²) < 4.78 is 5.18. The molecule has 0 amide bonds. The van der Waals surface area contributed by atoms with Crippen molar-refractivity contribution in [1.82, 2.24) is 15.0 Å². The first-order valence-corrected chi connectivity index (χ1v) is 9.53. The Kier molecular flexibility index (Phi) is 5.63. The third-order valence-corrected chi connectivity index (χ3v) is 4.57. The largest absolute Gasteiger partial charge is 0.497 e. The summed E-state index contributed by atoms with van der Waals surface area (Å²) >= 11 is 5.31. The fraction of sp³-hybridized carbons (Fsp3) is 0.0476. The molecule has 2 N–H and O–H groups in total. The molecule has 154 valence electrons. The molecular weight excluding hydrogens is 416 g/mol. The van der Waals surface area contributed by atoms with Crippen molar-refractivity contribution in [3.8, 4) is 17.0 Å². The van der Waals surface area contributed by atoms with Gasteiger partial charge in [-0.25, -0.2) is 9.97 Å². The van der Waals surface area contributed by atoms with Gasteiger partial charge >= 0.3 is 0 Å². The van der Waals surface area contributed by atoms with Gasteiger partial charge in [0.2, 0.25) is 0 Å². The third-order valence-electron chi connectivity index (χ3n) is 4.37. The Morgan fingerprint density at radius 2 is 1.74 bits per heavy atom. The first-order chi connectivity index (χ1) is 15.0. The molecule has 2 aromatic carbocycles. The monoisotopic (exact) mass is 432 g/mol. The van der Waals surface area contributed by atoms with Crippen LogP contribution in [-0.4, -0.2) is 32.1 Å². The summed E-state index contributed by atoms with van der Waals surface area (Å²) in [6, 6.07) is 17.0. The second kappa shape index (κ2) is 8.67. The zero-order valence-corrected chi connectivity index (χ0v) is 17.1. The quantitative estimate of drug-likeness (QED) is 0.269. The van der Waals surface area contributed by atoms with Crippen molar-refractivity contribution in [2.45, 2.75) is 0 Å². The average molecular weight is 432 g/mol. The number of hydrogen-bond acceptors (Lipinski definition) is 7. The number of ether oxygens (including phenoxy) is 1. The predicted octanol–water partition coefficient (Wildman–Crippen LogP) is 4.42. The van der Waals surface area contributed by atoms with Gasteiger partial charge in [-0.1, -0.05) is 0 Å². The molecule has 9 nitrogen and oxygen atoms in total. The van der Waals surface area contributed by atoms with Gasteiger partial charge in [-0.2, -0.15) is 0 Å². The van der Waals surface area contributed by atoms with Crippen LogP contribution >= 0.6 is 12.2 Å². The van der Waals surface area contributed by atoms with E-state index in [0.29, 0.717) is 33.5 Å². The third kappa shape index (κ3) is 4.70. The maximum absolute atomic E-state index is 10.7. The summed E-state index contributed by atoms with van der Waals surface area (Å²) in [6.07, 6.45) is 1.69. The molecule has 0 saturated heterocycles. The Hall–Kier alpha value is -4.18. The average Bonchev–Trinajstić information content (AvgIpc) is 2.79. The molecule has 2 heterocycles. The summed E-state index contributed by atoms with van der Waals surface area (Å²) in [4.78, 5) is 23.8. The number of anilines is 2. The minimum absolute atomic E-state index is 0.00635. The van der Waals surface area contributed by atoms with Crippen molar-refractivity contribution < 1.29 is 9.66 Å². The highest BCUT2D eigenvalue weighted by molar-refractivity contribution is 7.80. The highest BCUT2D eigenvalue weighted by atomic mass is 32.1. The number of nitrogens with zero attached hydrogens (tertiary/aromatic N) is 4. The lowest BCUT2D eigenvalue weighted by atomic mass is 10.1. The number of hydrogen-bond donors (Lipinski definition) is 2. The van der Waals surface area contributed by atoms with Crippen molar-refractivity contribution in [1.29, 1.82) is 0 Å². The molecule has 0 radical (unpaired) electrons. The number of non-ortho nitro benzene ring substituents is 1. The van der Waals surface area contributed by atoms with E-state index in [-0.39, 0.29) is 5.69 Å². The van der Waals surface area contributed by atoms with Crippen molar-refractivity contribution >= 4 is 45.7 Å². The zero-order valence-electron chi connectivity index (χ0n) is 16.3. The van der Waals surface area contributed by atoms with E-state index in [1.54, 1.807) is 37.6 Å². The van der Waals surface area contributed by atoms with Gasteiger partial charge in [-0.3, -0.25) is 15.1 Å². The SMILES string of the molecule is COc1ccc(-c2cnc3ccc(NC(=S)Nc4ccc([N+](=O)[O-])cc4)nc3n2)cc1. The summed E-state index contributed by atoms with van der Waals surface area (Å²) in [5.74, 6) is 1.25. The van der Waals surface area contributed by atoms with Crippen LogP contribution in [0.25, 0.3) is 22.4 Å². The summed E-state index contributed by atoms with van der Waals surface area (Å²) in [6.45, 7) is 0. The van der Waals surface area contributed by atoms with Crippen LogP contribution in [0.5, 0.6) is 5.75 Å². The Morgan fingerprint density at radius 1 is 1.00 bits per heavy atom. The molecule has 10 heteroatoms. The summed E-state index contributed by atoms with van der Waals surface area (Å²) in [5.41, 5.74) is 3.32. The lowest BCUT2D eigenvalue weighted by Gasteiger charge is -2.10. The van der Waals surface area contributed by atoms with E-state index in [1.807, 2.05) is 24.3 Å². The van der Waals surface area contributed by atoms with Crippen LogP contribution in [0, 0.1) is 10.1 Å². The predicted molar refractivity (Wildman–Crippen MR) is 122 cm³/mol. The van der Waals surface area contributed by atoms with Gasteiger partial charge < -0.3 is 15.4 Å². The Bertz CT molecular complexity index is 1260. The number of benzene rings is 2. The minimum atomic E-state index is -0.458. The first kappa shape index (κ1) is 20.1. The van der Waals surface area contributed by atoms with Gasteiger partial charge in [0.05, 0.1) is 23.9 Å². The molecule has 0 saturated carbocycles. The van der Waals surface area contributed by atoms with Crippen molar-refractivity contribution in [2.24, 2.45) is 0 Å². The molecule has 0 unspecified atom stereocenters. The van der Waals surface area contributed by atoms with Crippen LogP contribution in [0.3, 0.4) is 0 Å². The molecular formula is C21H16N6O3S. The second-order valence-electron chi connectivity index (χ2n) is 6.41. The number of aromatic nitrogens is 3. The fourth-order valence-corrected chi connectivity index (χ4v) is 3.04. The lowest BCUT2D eigenvalue weighted by molar-refractivity contribution is -0.384. The van der Waals surface area contributed by atoms with E-state index in [9.17, 15) is 10.1 Å². The fourth-order valence-electron chi connectivity index (χ4n) is 2.81. The number of rotatable bonds is 5. The summed E-state index contributed by atoms with van der Waals surface area (Å²) in [5, 5.41) is 17.0. The smallest absolute Gasteiger partial charge is 0.269 e. The molecule has 2 aromatic heterocycles. The van der Waals surface area contributed by atoms with E-state index in [2.05, 4.69) is 25.6 Å². The number of methoxy groups -OCH3 is 1. The maximum atomic E-state index is 10.7. The Labute approximate surface area is 182 Å². The maximum Gasteiger partial charge on any atom is 0.269 e. The minimum Gasteiger partial charge on any atom is -0.497 e. The topological polar surface area (TPSA) is 115 Å². The molecule has 4 rings (SSSR count). The van der Waals surface area contributed by atoms with E-state index in [1.165, 1.54) is 12.1 Å². The van der Waals surface area contributed by atoms with E-state index in [4.69, 9.17) is 17.0 Å². The van der Waals surface area contributed by atoms with Crippen LogP contribution in [0.1, 0.15) is 0 Å². The Balaban J connectivity index is 1.50. The van der Waals surface area contributed by atoms with Gasteiger partial charge in [-0.15, -0.1) is 0 Å². The van der Waals surface area contributed by atoms with Crippen LogP contribution in [0.15, 0.2) is 66.9 Å². The zero-order chi connectivity index (χ0) is 21.8. The summed E-state index contributed by atoms with van der Waals surface area (Å²) in [7, 11) is 1.62. The number of fused-ring (bicyclic) bond motifs is 1. The molecule has 0 aliphatic heterocycles. The van der Waals surface area contributed by atoms with Crippen molar-refractivity contribution in [3.05, 3.63) is 77.0 Å². The van der Waals surface area contributed by atoms with Crippen LogP contribution in [-0.2, 0) is 0 Å². The molecule has 0 atom stereocenters. The number of pyridine rings is 1. The van der Waals surface area contributed by atoms with Crippen LogP contribution in [0.4, 0.5) is 17.2 Å². The number of nitro groups is 1. The van der Waals surface area contributed by atoms with Gasteiger partial charge in [0, 0.05) is 23.4 Å². The lowest BCUT2D eigenvalue weighted by Crippen LogP contribution is -2.19. The van der Waals surface area contributed by atoms with Crippen molar-refractivity contribution in [2.75, 3.05) is 17.7 Å². The highest BCUT2D eigenvalue weighted by Crippen LogP contribution is 2.22. The Morgan fingerprint density at radius 3 is 2.42 bits per heavy atom. The molecule has 31 heavy (non-hydrogen) atoms. The van der Waals surface area contributed by atoms with E-state index >= 15 is 0 Å². The van der Waals surface area contributed by atoms with Gasteiger partial charge in [-0.05, 0) is 60.7 Å². The molecule has 0 aliphatic rings. The molecule has 0 fully saturated rings. The number of thiocarbonyl (C=S) groups is 1. The van der Waals surface area contributed by atoms with Crippen LogP contribution in [0.2, 0.25) is 0 Å². The molecule has 0 aliphatic carbocycles.